The van der Waals surface area contributed by atoms with Gasteiger partial charge >= 0.3 is 0 Å². The first kappa shape index (κ1) is 20.8. The number of ether oxygens (including phenoxy) is 2. The van der Waals surface area contributed by atoms with Crippen molar-refractivity contribution in [2.75, 3.05) is 26.8 Å². The Kier molecular flexibility index (Phi) is 6.36. The van der Waals surface area contributed by atoms with Crippen molar-refractivity contribution in [1.82, 2.24) is 9.62 Å². The molecule has 0 radical (unpaired) electrons. The average Bonchev–Trinajstić information content (AvgIpc) is 3.56. The first-order chi connectivity index (χ1) is 13.4. The molecule has 28 heavy (non-hydrogen) atoms. The van der Waals surface area contributed by atoms with E-state index in [2.05, 4.69) is 5.32 Å². The summed E-state index contributed by atoms with van der Waals surface area (Å²) < 4.78 is 38.3. The molecule has 1 aromatic carbocycles. The molecule has 3 rings (SSSR count). The zero-order chi connectivity index (χ0) is 20.3. The lowest BCUT2D eigenvalue weighted by molar-refractivity contribution is -0.135. The van der Waals surface area contributed by atoms with Crippen molar-refractivity contribution in [1.29, 1.82) is 0 Å². The average molecular weight is 410 g/mol. The van der Waals surface area contributed by atoms with Crippen LogP contribution >= 0.6 is 0 Å². The molecule has 2 fully saturated rings. The van der Waals surface area contributed by atoms with Crippen molar-refractivity contribution >= 4 is 21.7 Å². The first-order valence-corrected chi connectivity index (χ1v) is 10.9. The van der Waals surface area contributed by atoms with Crippen molar-refractivity contribution in [2.24, 2.45) is 5.92 Å². The van der Waals surface area contributed by atoms with Crippen LogP contribution in [0.5, 0.6) is 5.75 Å². The van der Waals surface area contributed by atoms with E-state index in [9.17, 15) is 18.0 Å². The van der Waals surface area contributed by atoms with Gasteiger partial charge in [0.05, 0.1) is 18.6 Å². The number of amides is 1. The summed E-state index contributed by atoms with van der Waals surface area (Å²) in [7, 11) is -2.30. The van der Waals surface area contributed by atoms with Crippen LogP contribution in [0.15, 0.2) is 23.1 Å². The Morgan fingerprint density at radius 3 is 2.71 bits per heavy atom. The lowest BCUT2D eigenvalue weighted by Gasteiger charge is -2.31. The molecule has 8 nitrogen and oxygen atoms in total. The van der Waals surface area contributed by atoms with Gasteiger partial charge in [-0.2, -0.15) is 4.31 Å². The summed E-state index contributed by atoms with van der Waals surface area (Å²) in [5, 5.41) is 2.73. The van der Waals surface area contributed by atoms with Gasteiger partial charge in [0.15, 0.2) is 5.78 Å². The van der Waals surface area contributed by atoms with E-state index in [0.717, 1.165) is 12.8 Å². The molecule has 9 heteroatoms. The Balaban J connectivity index is 1.80. The normalized spacial score (nSPS) is 20.6. The van der Waals surface area contributed by atoms with Crippen LogP contribution in [-0.2, 0) is 30.9 Å². The Hall–Kier alpha value is -1.97. The Labute approximate surface area is 165 Å². The second-order valence-corrected chi connectivity index (χ2v) is 8.94. The zero-order valence-corrected chi connectivity index (χ0v) is 17.0. The number of rotatable bonds is 8. The molecule has 1 atom stereocenters. The van der Waals surface area contributed by atoms with Gasteiger partial charge in [0.25, 0.3) is 0 Å². The van der Waals surface area contributed by atoms with Crippen molar-refractivity contribution in [3.05, 3.63) is 23.8 Å². The van der Waals surface area contributed by atoms with Crippen LogP contribution in [0.1, 0.15) is 31.7 Å². The number of hydrogen-bond acceptors (Lipinski definition) is 6. The van der Waals surface area contributed by atoms with Crippen LogP contribution in [-0.4, -0.2) is 57.3 Å². The Bertz CT molecular complexity index is 850. The van der Waals surface area contributed by atoms with Gasteiger partial charge in [-0.1, -0.05) is 6.92 Å². The zero-order valence-electron chi connectivity index (χ0n) is 16.1. The number of nitrogens with zero attached hydrogens (tertiary/aromatic N) is 1. The fraction of sp³-hybridized carbons (Fsp3) is 0.579. The minimum Gasteiger partial charge on any atom is -0.496 e. The summed E-state index contributed by atoms with van der Waals surface area (Å²) in [6, 6.07) is 4.57. The highest BCUT2D eigenvalue weighted by Crippen LogP contribution is 2.33. The molecule has 1 aliphatic heterocycles. The molecule has 1 aliphatic carbocycles. The van der Waals surface area contributed by atoms with E-state index in [1.54, 1.807) is 13.0 Å². The lowest BCUT2D eigenvalue weighted by atomic mass is 10.1. The standard InChI is InChI=1S/C19H26N2O6S/c1-3-18(22)20-11-14-10-15(6-7-16(14)26-2)28(24,25)21-8-9-27-17(12-21)19(23)13-4-5-13/h6-7,10,13,17H,3-5,8-9,11-12H2,1-2H3,(H,20,22)/t17-/m1/s1. The van der Waals surface area contributed by atoms with E-state index in [0.29, 0.717) is 17.7 Å². The second kappa shape index (κ2) is 8.59. The smallest absolute Gasteiger partial charge is 0.243 e. The maximum absolute atomic E-state index is 13.1. The molecular weight excluding hydrogens is 384 g/mol. The number of hydrogen-bond donors (Lipinski definition) is 1. The summed E-state index contributed by atoms with van der Waals surface area (Å²) >= 11 is 0. The van der Waals surface area contributed by atoms with Crippen molar-refractivity contribution in [3.8, 4) is 5.75 Å². The van der Waals surface area contributed by atoms with Gasteiger partial charge in [0.1, 0.15) is 11.9 Å². The second-order valence-electron chi connectivity index (χ2n) is 7.00. The molecule has 1 saturated heterocycles. The molecule has 1 aromatic rings. The van der Waals surface area contributed by atoms with Gasteiger partial charge in [-0.25, -0.2) is 8.42 Å². The number of carbonyl (C=O) groups is 2. The molecular formula is C19H26N2O6S. The first-order valence-electron chi connectivity index (χ1n) is 9.46. The highest BCUT2D eigenvalue weighted by atomic mass is 32.2. The number of ketones is 1. The highest BCUT2D eigenvalue weighted by molar-refractivity contribution is 7.89. The van der Waals surface area contributed by atoms with Crippen molar-refractivity contribution < 1.29 is 27.5 Å². The van der Waals surface area contributed by atoms with Crippen LogP contribution in [0.3, 0.4) is 0 Å². The van der Waals surface area contributed by atoms with E-state index in [-0.39, 0.29) is 48.7 Å². The molecule has 154 valence electrons. The summed E-state index contributed by atoms with van der Waals surface area (Å²) in [4.78, 5) is 23.9. The van der Waals surface area contributed by atoms with Gasteiger partial charge in [-0.05, 0) is 31.0 Å². The molecule has 1 heterocycles. The summed E-state index contributed by atoms with van der Waals surface area (Å²) in [5.41, 5.74) is 0.573. The van der Waals surface area contributed by atoms with E-state index in [1.165, 1.54) is 23.5 Å². The fourth-order valence-corrected chi connectivity index (χ4v) is 4.64. The lowest BCUT2D eigenvalue weighted by Crippen LogP contribution is -2.48. The molecule has 1 N–H and O–H groups in total. The number of morpholine rings is 1. The van der Waals surface area contributed by atoms with E-state index < -0.39 is 16.1 Å². The quantitative estimate of drug-likeness (QED) is 0.688. The number of methoxy groups -OCH3 is 1. The summed E-state index contributed by atoms with van der Waals surface area (Å²) in [6.07, 6.45) is 1.36. The van der Waals surface area contributed by atoms with Gasteiger partial charge in [0, 0.05) is 37.5 Å². The fourth-order valence-electron chi connectivity index (χ4n) is 3.17. The Morgan fingerprint density at radius 2 is 2.07 bits per heavy atom. The number of benzene rings is 1. The summed E-state index contributed by atoms with van der Waals surface area (Å²) in [6.45, 7) is 2.34. The van der Waals surface area contributed by atoms with E-state index >= 15 is 0 Å². The maximum Gasteiger partial charge on any atom is 0.243 e. The molecule has 1 amide bonds. The minimum absolute atomic E-state index is 0.00222. The SMILES string of the molecule is CCC(=O)NCc1cc(S(=O)(=O)N2CCO[C@@H](C(=O)C3CC3)C2)ccc1OC. The predicted octanol–water partition coefficient (Wildman–Crippen LogP) is 1.09. The Morgan fingerprint density at radius 1 is 1.32 bits per heavy atom. The molecule has 0 spiro atoms. The van der Waals surface area contributed by atoms with Crippen LogP contribution in [0.2, 0.25) is 0 Å². The molecule has 0 bridgehead atoms. The third-order valence-corrected chi connectivity index (χ3v) is 6.87. The highest BCUT2D eigenvalue weighted by Gasteiger charge is 2.40. The number of Topliss-reactive ketones (excluding diaryl/α,β-unsaturated/α-hetero) is 1. The van der Waals surface area contributed by atoms with Gasteiger partial charge in [0.2, 0.25) is 15.9 Å². The van der Waals surface area contributed by atoms with Crippen LogP contribution in [0.4, 0.5) is 0 Å². The van der Waals surface area contributed by atoms with Crippen molar-refractivity contribution in [2.45, 2.75) is 43.7 Å². The monoisotopic (exact) mass is 410 g/mol. The van der Waals surface area contributed by atoms with Crippen LogP contribution in [0.25, 0.3) is 0 Å². The predicted molar refractivity (Wildman–Crippen MR) is 101 cm³/mol. The van der Waals surface area contributed by atoms with Gasteiger partial charge in [-0.3, -0.25) is 9.59 Å². The maximum atomic E-state index is 13.1. The largest absolute Gasteiger partial charge is 0.496 e. The molecule has 1 saturated carbocycles. The molecule has 2 aliphatic rings. The number of sulfonamides is 1. The number of carbonyl (C=O) groups excluding carboxylic acids is 2. The summed E-state index contributed by atoms with van der Waals surface area (Å²) in [5.74, 6) is 0.379. The molecule has 0 aromatic heterocycles. The van der Waals surface area contributed by atoms with Crippen LogP contribution in [0, 0.1) is 5.92 Å². The van der Waals surface area contributed by atoms with E-state index in [4.69, 9.17) is 9.47 Å². The minimum atomic E-state index is -3.79. The molecule has 0 unspecified atom stereocenters. The number of nitrogens with one attached hydrogen (secondary N) is 1. The van der Waals surface area contributed by atoms with Gasteiger partial charge in [-0.15, -0.1) is 0 Å². The van der Waals surface area contributed by atoms with Crippen LogP contribution < -0.4 is 10.1 Å². The van der Waals surface area contributed by atoms with Crippen molar-refractivity contribution in [3.63, 3.8) is 0 Å². The third kappa shape index (κ3) is 4.53. The third-order valence-electron chi connectivity index (χ3n) is 5.01. The topological polar surface area (TPSA) is 102 Å². The van der Waals surface area contributed by atoms with Gasteiger partial charge < -0.3 is 14.8 Å². The van der Waals surface area contributed by atoms with E-state index in [1.807, 2.05) is 0 Å².